The molecular weight excluding hydrogens is 262 g/mol. The van der Waals surface area contributed by atoms with Gasteiger partial charge in [0.2, 0.25) is 0 Å². The predicted molar refractivity (Wildman–Crippen MR) is 87.5 cm³/mol. The number of benzene rings is 2. The summed E-state index contributed by atoms with van der Waals surface area (Å²) in [4.78, 5) is 14.3. The smallest absolute Gasteiger partial charge is 0.253 e. The fourth-order valence-corrected chi connectivity index (χ4v) is 2.23. The Morgan fingerprint density at radius 2 is 1.95 bits per heavy atom. The normalized spacial score (nSPS) is 10.2. The second kappa shape index (κ2) is 6.31. The van der Waals surface area contributed by atoms with Crippen LogP contribution in [0.3, 0.4) is 0 Å². The number of aryl methyl sites for hydroxylation is 1. The average Bonchev–Trinajstić information content (AvgIpc) is 2.44. The maximum absolute atomic E-state index is 12.4. The number of carbonyl (C=O) groups excluding carboxylic acids is 1. The van der Waals surface area contributed by atoms with Gasteiger partial charge < -0.3 is 16.0 Å². The highest BCUT2D eigenvalue weighted by molar-refractivity contribution is 6.00. The Labute approximate surface area is 125 Å². The molecule has 2 aromatic rings. The number of rotatable bonds is 4. The van der Waals surface area contributed by atoms with Crippen molar-refractivity contribution >= 4 is 17.3 Å². The first kappa shape index (κ1) is 14.9. The summed E-state index contributed by atoms with van der Waals surface area (Å²) in [6.07, 6.45) is 0. The van der Waals surface area contributed by atoms with E-state index in [0.717, 1.165) is 11.3 Å². The number of nitrogens with two attached hydrogens (primary N) is 1. The van der Waals surface area contributed by atoms with E-state index in [-0.39, 0.29) is 5.91 Å². The Bertz CT molecular complexity index is 650. The molecule has 4 heteroatoms. The van der Waals surface area contributed by atoms with E-state index in [1.54, 1.807) is 12.1 Å². The maximum atomic E-state index is 12.4. The van der Waals surface area contributed by atoms with Gasteiger partial charge in [-0.3, -0.25) is 4.79 Å². The van der Waals surface area contributed by atoms with Crippen LogP contribution in [0.1, 0.15) is 21.5 Å². The van der Waals surface area contributed by atoms with Gasteiger partial charge in [-0.2, -0.15) is 0 Å². The van der Waals surface area contributed by atoms with Crippen LogP contribution in [-0.2, 0) is 6.54 Å². The van der Waals surface area contributed by atoms with Gasteiger partial charge in [-0.15, -0.1) is 0 Å². The predicted octanol–water partition coefficient (Wildman–Crippen LogP) is 2.57. The van der Waals surface area contributed by atoms with Crippen molar-refractivity contribution in [3.63, 3.8) is 0 Å². The fraction of sp³-hybridized carbons (Fsp3) is 0.235. The molecule has 0 aromatic heterocycles. The van der Waals surface area contributed by atoms with Crippen molar-refractivity contribution in [3.8, 4) is 0 Å². The minimum absolute atomic E-state index is 0.118. The van der Waals surface area contributed by atoms with Crippen LogP contribution in [0.25, 0.3) is 0 Å². The highest BCUT2D eigenvalue weighted by atomic mass is 16.1. The molecule has 0 spiro atoms. The van der Waals surface area contributed by atoms with Crippen molar-refractivity contribution in [1.29, 1.82) is 0 Å². The van der Waals surface area contributed by atoms with Crippen molar-refractivity contribution in [1.82, 2.24) is 5.32 Å². The van der Waals surface area contributed by atoms with Crippen LogP contribution in [0.4, 0.5) is 11.4 Å². The molecule has 1 amide bonds. The summed E-state index contributed by atoms with van der Waals surface area (Å²) in [7, 11) is 3.81. The van der Waals surface area contributed by atoms with Crippen LogP contribution in [0.15, 0.2) is 42.5 Å². The van der Waals surface area contributed by atoms with Crippen LogP contribution in [0, 0.1) is 6.92 Å². The molecule has 0 unspecified atom stereocenters. The second-order valence-electron chi connectivity index (χ2n) is 5.34. The molecular formula is C17H21N3O. The lowest BCUT2D eigenvalue weighted by atomic mass is 10.1. The number of anilines is 2. The van der Waals surface area contributed by atoms with Crippen LogP contribution in [0.2, 0.25) is 0 Å². The summed E-state index contributed by atoms with van der Waals surface area (Å²) >= 11 is 0. The summed E-state index contributed by atoms with van der Waals surface area (Å²) in [6, 6.07) is 13.5. The Balaban J connectivity index is 2.15. The highest BCUT2D eigenvalue weighted by Gasteiger charge is 2.13. The zero-order valence-corrected chi connectivity index (χ0v) is 12.7. The number of hydrogen-bond acceptors (Lipinski definition) is 3. The van der Waals surface area contributed by atoms with E-state index >= 15 is 0 Å². The van der Waals surface area contributed by atoms with Crippen LogP contribution in [-0.4, -0.2) is 20.0 Å². The number of nitrogens with zero attached hydrogens (tertiary/aromatic N) is 1. The van der Waals surface area contributed by atoms with Crippen LogP contribution < -0.4 is 16.0 Å². The minimum Gasteiger partial charge on any atom is -0.399 e. The van der Waals surface area contributed by atoms with Gasteiger partial charge in [0.05, 0.1) is 5.56 Å². The van der Waals surface area contributed by atoms with E-state index in [1.807, 2.05) is 50.2 Å². The molecule has 21 heavy (non-hydrogen) atoms. The third-order valence-corrected chi connectivity index (χ3v) is 3.28. The number of nitrogens with one attached hydrogen (secondary N) is 1. The molecule has 2 rings (SSSR count). The molecule has 0 fully saturated rings. The molecule has 4 nitrogen and oxygen atoms in total. The monoisotopic (exact) mass is 283 g/mol. The lowest BCUT2D eigenvalue weighted by Crippen LogP contribution is -2.25. The van der Waals surface area contributed by atoms with Gasteiger partial charge in [-0.25, -0.2) is 0 Å². The fourth-order valence-electron chi connectivity index (χ4n) is 2.23. The molecule has 2 aromatic carbocycles. The van der Waals surface area contributed by atoms with E-state index in [1.165, 1.54) is 5.56 Å². The van der Waals surface area contributed by atoms with E-state index in [0.29, 0.717) is 17.8 Å². The van der Waals surface area contributed by atoms with Gasteiger partial charge in [0.1, 0.15) is 0 Å². The molecule has 0 aliphatic heterocycles. The number of hydrogen-bond donors (Lipinski definition) is 2. The van der Waals surface area contributed by atoms with E-state index in [4.69, 9.17) is 5.73 Å². The maximum Gasteiger partial charge on any atom is 0.253 e. The third kappa shape index (κ3) is 3.75. The topological polar surface area (TPSA) is 58.4 Å². The van der Waals surface area contributed by atoms with Crippen LogP contribution >= 0.6 is 0 Å². The molecule has 0 radical (unpaired) electrons. The molecule has 0 aliphatic carbocycles. The van der Waals surface area contributed by atoms with Crippen molar-refractivity contribution in [2.24, 2.45) is 0 Å². The molecule has 0 aliphatic rings. The Hall–Kier alpha value is -2.49. The van der Waals surface area contributed by atoms with Gasteiger partial charge >= 0.3 is 0 Å². The number of amides is 1. The summed E-state index contributed by atoms with van der Waals surface area (Å²) < 4.78 is 0. The van der Waals surface area contributed by atoms with Gasteiger partial charge in [0.15, 0.2) is 0 Å². The standard InChI is InChI=1S/C17H21N3O/c1-12-5-4-6-13(9-12)11-19-17(21)15-10-14(18)7-8-16(15)20(2)3/h4-10H,11,18H2,1-3H3,(H,19,21). The Kier molecular flexibility index (Phi) is 4.48. The van der Waals surface area contributed by atoms with Crippen molar-refractivity contribution in [2.75, 3.05) is 24.7 Å². The third-order valence-electron chi connectivity index (χ3n) is 3.28. The van der Waals surface area contributed by atoms with Crippen molar-refractivity contribution < 1.29 is 4.79 Å². The Morgan fingerprint density at radius 1 is 1.19 bits per heavy atom. The quantitative estimate of drug-likeness (QED) is 0.848. The molecule has 0 saturated heterocycles. The molecule has 110 valence electrons. The first-order chi connectivity index (χ1) is 9.97. The van der Waals surface area contributed by atoms with E-state index in [9.17, 15) is 4.79 Å². The second-order valence-corrected chi connectivity index (χ2v) is 5.34. The SMILES string of the molecule is Cc1cccc(CNC(=O)c2cc(N)ccc2N(C)C)c1. The highest BCUT2D eigenvalue weighted by Crippen LogP contribution is 2.21. The summed E-state index contributed by atoms with van der Waals surface area (Å²) in [6.45, 7) is 2.54. The molecule has 0 atom stereocenters. The first-order valence-electron chi connectivity index (χ1n) is 6.88. The van der Waals surface area contributed by atoms with Crippen molar-refractivity contribution in [2.45, 2.75) is 13.5 Å². The van der Waals surface area contributed by atoms with Gasteiger partial charge in [0.25, 0.3) is 5.91 Å². The van der Waals surface area contributed by atoms with Crippen LogP contribution in [0.5, 0.6) is 0 Å². The summed E-state index contributed by atoms with van der Waals surface area (Å²) in [5, 5.41) is 2.94. The van der Waals surface area contributed by atoms with E-state index < -0.39 is 0 Å². The molecule has 3 N–H and O–H groups in total. The summed E-state index contributed by atoms with van der Waals surface area (Å²) in [5.74, 6) is -0.118. The van der Waals surface area contributed by atoms with Gasteiger partial charge in [-0.1, -0.05) is 29.8 Å². The van der Waals surface area contributed by atoms with Crippen molar-refractivity contribution in [3.05, 3.63) is 59.2 Å². The number of carbonyl (C=O) groups is 1. The minimum atomic E-state index is -0.118. The molecule has 0 heterocycles. The zero-order chi connectivity index (χ0) is 15.4. The average molecular weight is 283 g/mol. The summed E-state index contributed by atoms with van der Waals surface area (Å²) in [5.41, 5.74) is 10.1. The lowest BCUT2D eigenvalue weighted by Gasteiger charge is -2.17. The van der Waals surface area contributed by atoms with Gasteiger partial charge in [0, 0.05) is 32.0 Å². The van der Waals surface area contributed by atoms with Gasteiger partial charge in [-0.05, 0) is 30.7 Å². The molecule has 0 saturated carbocycles. The van der Waals surface area contributed by atoms with E-state index in [2.05, 4.69) is 11.4 Å². The molecule has 0 bridgehead atoms. The first-order valence-corrected chi connectivity index (χ1v) is 6.88. The number of nitrogen functional groups attached to an aromatic ring is 1. The zero-order valence-electron chi connectivity index (χ0n) is 12.7. The largest absolute Gasteiger partial charge is 0.399 e. The Morgan fingerprint density at radius 3 is 2.62 bits per heavy atom. The lowest BCUT2D eigenvalue weighted by molar-refractivity contribution is 0.0951.